The molecule has 7 heteroatoms. The first-order valence-electron chi connectivity index (χ1n) is 8.01. The van der Waals surface area contributed by atoms with E-state index in [0.29, 0.717) is 37.6 Å². The number of aromatic nitrogens is 2. The first-order chi connectivity index (χ1) is 11.5. The van der Waals surface area contributed by atoms with Crippen LogP contribution in [0.25, 0.3) is 0 Å². The molecule has 0 radical (unpaired) electrons. The van der Waals surface area contributed by atoms with Gasteiger partial charge in [-0.25, -0.2) is 17.7 Å². The van der Waals surface area contributed by atoms with Crippen LogP contribution in [-0.4, -0.2) is 41.9 Å². The molecule has 0 N–H and O–H groups in total. The van der Waals surface area contributed by atoms with Crippen molar-refractivity contribution in [1.82, 2.24) is 14.3 Å². The zero-order chi connectivity index (χ0) is 17.0. The second-order valence-electron chi connectivity index (χ2n) is 5.90. The van der Waals surface area contributed by atoms with Gasteiger partial charge < -0.3 is 4.74 Å². The topological polar surface area (TPSA) is 72.4 Å². The summed E-state index contributed by atoms with van der Waals surface area (Å²) in [6.07, 6.45) is 2.98. The number of hydrogen-bond donors (Lipinski definition) is 0. The highest BCUT2D eigenvalue weighted by molar-refractivity contribution is 7.88. The third kappa shape index (κ3) is 4.30. The maximum Gasteiger partial charge on any atom is 0.218 e. The Balaban J connectivity index is 1.56. The van der Waals surface area contributed by atoms with Crippen LogP contribution in [0, 0.1) is 6.92 Å². The molecule has 2 heterocycles. The summed E-state index contributed by atoms with van der Waals surface area (Å²) in [5.41, 5.74) is 0.812. The number of rotatable bonds is 5. The van der Waals surface area contributed by atoms with Crippen molar-refractivity contribution >= 4 is 10.0 Å². The van der Waals surface area contributed by atoms with E-state index in [1.165, 1.54) is 0 Å². The highest BCUT2D eigenvalue weighted by atomic mass is 32.2. The van der Waals surface area contributed by atoms with Crippen molar-refractivity contribution in [2.24, 2.45) is 0 Å². The molecule has 1 aromatic carbocycles. The Bertz CT molecular complexity index is 773. The molecule has 2 aromatic rings. The fourth-order valence-corrected chi connectivity index (χ4v) is 4.34. The standard InChI is InChI=1S/C17H21N3O3S/c1-14-18-10-7-17(19-14)23-16-8-11-20(12-9-16)24(21,22)13-15-5-3-2-4-6-15/h2-7,10,16H,8-9,11-13H2,1H3. The van der Waals surface area contributed by atoms with Gasteiger partial charge in [0.2, 0.25) is 15.9 Å². The molecular formula is C17H21N3O3S. The first-order valence-corrected chi connectivity index (χ1v) is 9.62. The van der Waals surface area contributed by atoms with Gasteiger partial charge in [-0.1, -0.05) is 30.3 Å². The van der Waals surface area contributed by atoms with Gasteiger partial charge in [0.05, 0.1) is 5.75 Å². The van der Waals surface area contributed by atoms with E-state index >= 15 is 0 Å². The van der Waals surface area contributed by atoms with Crippen molar-refractivity contribution in [3.63, 3.8) is 0 Å². The van der Waals surface area contributed by atoms with E-state index in [2.05, 4.69) is 9.97 Å². The molecule has 0 unspecified atom stereocenters. The van der Waals surface area contributed by atoms with Gasteiger partial charge in [-0.2, -0.15) is 4.98 Å². The maximum atomic E-state index is 12.5. The number of sulfonamides is 1. The Hall–Kier alpha value is -1.99. The summed E-state index contributed by atoms with van der Waals surface area (Å²) < 4.78 is 32.5. The van der Waals surface area contributed by atoms with Crippen LogP contribution in [0.3, 0.4) is 0 Å². The largest absolute Gasteiger partial charge is 0.474 e. The van der Waals surface area contributed by atoms with Crippen LogP contribution in [0.5, 0.6) is 5.88 Å². The number of ether oxygens (including phenoxy) is 1. The molecule has 0 saturated carbocycles. The van der Waals surface area contributed by atoms with Crippen molar-refractivity contribution in [1.29, 1.82) is 0 Å². The molecule has 0 bridgehead atoms. The highest BCUT2D eigenvalue weighted by Gasteiger charge is 2.29. The van der Waals surface area contributed by atoms with E-state index in [9.17, 15) is 8.42 Å². The van der Waals surface area contributed by atoms with Gasteiger partial charge in [0.15, 0.2) is 0 Å². The highest BCUT2D eigenvalue weighted by Crippen LogP contribution is 2.21. The first kappa shape index (κ1) is 16.9. The molecule has 1 aliphatic heterocycles. The zero-order valence-electron chi connectivity index (χ0n) is 13.6. The van der Waals surface area contributed by atoms with E-state index in [1.54, 1.807) is 16.6 Å². The second kappa shape index (κ2) is 7.27. The minimum atomic E-state index is -3.29. The van der Waals surface area contributed by atoms with Crippen LogP contribution >= 0.6 is 0 Å². The predicted molar refractivity (Wildman–Crippen MR) is 91.1 cm³/mol. The Labute approximate surface area is 142 Å². The van der Waals surface area contributed by atoms with Crippen LogP contribution in [0.2, 0.25) is 0 Å². The van der Waals surface area contributed by atoms with Gasteiger partial charge in [0, 0.05) is 25.4 Å². The SMILES string of the molecule is Cc1nccc(OC2CCN(S(=O)(=O)Cc3ccccc3)CC2)n1. The van der Waals surface area contributed by atoms with Crippen LogP contribution in [0.4, 0.5) is 0 Å². The van der Waals surface area contributed by atoms with Gasteiger partial charge in [0.1, 0.15) is 11.9 Å². The minimum Gasteiger partial charge on any atom is -0.474 e. The van der Waals surface area contributed by atoms with Crippen molar-refractivity contribution in [3.05, 3.63) is 54.0 Å². The molecule has 3 rings (SSSR count). The molecule has 6 nitrogen and oxygen atoms in total. The normalized spacial score (nSPS) is 16.9. The Morgan fingerprint density at radius 3 is 2.54 bits per heavy atom. The van der Waals surface area contributed by atoms with Gasteiger partial charge in [0.25, 0.3) is 0 Å². The lowest BCUT2D eigenvalue weighted by Gasteiger charge is -2.31. The zero-order valence-corrected chi connectivity index (χ0v) is 14.4. The number of hydrogen-bond acceptors (Lipinski definition) is 5. The molecule has 24 heavy (non-hydrogen) atoms. The Kier molecular flexibility index (Phi) is 5.11. The molecule has 0 amide bonds. The van der Waals surface area contributed by atoms with Crippen molar-refractivity contribution in [3.8, 4) is 5.88 Å². The summed E-state index contributed by atoms with van der Waals surface area (Å²) in [5, 5.41) is 0. The molecule has 0 atom stereocenters. The molecular weight excluding hydrogens is 326 g/mol. The van der Waals surface area contributed by atoms with Crippen LogP contribution in [0.1, 0.15) is 24.2 Å². The molecule has 1 saturated heterocycles. The van der Waals surface area contributed by atoms with Crippen LogP contribution in [-0.2, 0) is 15.8 Å². The second-order valence-corrected chi connectivity index (χ2v) is 7.87. The van der Waals surface area contributed by atoms with Crippen molar-refractivity contribution in [2.45, 2.75) is 31.6 Å². The summed E-state index contributed by atoms with van der Waals surface area (Å²) in [5.74, 6) is 1.26. The van der Waals surface area contributed by atoms with E-state index in [4.69, 9.17) is 4.74 Å². The Morgan fingerprint density at radius 2 is 1.88 bits per heavy atom. The van der Waals surface area contributed by atoms with E-state index in [1.807, 2.05) is 37.3 Å². The van der Waals surface area contributed by atoms with Crippen LogP contribution < -0.4 is 4.74 Å². The average Bonchev–Trinajstić information content (AvgIpc) is 2.56. The predicted octanol–water partition coefficient (Wildman–Crippen LogP) is 2.16. The van der Waals surface area contributed by atoms with Gasteiger partial charge in [-0.05, 0) is 25.3 Å². The summed E-state index contributed by atoms with van der Waals surface area (Å²) >= 11 is 0. The molecule has 1 aromatic heterocycles. The minimum absolute atomic E-state index is 0.0116. The van der Waals surface area contributed by atoms with Gasteiger partial charge >= 0.3 is 0 Å². The molecule has 1 aliphatic rings. The molecule has 0 spiro atoms. The van der Waals surface area contributed by atoms with E-state index < -0.39 is 10.0 Å². The third-order valence-corrected chi connectivity index (χ3v) is 5.87. The van der Waals surface area contributed by atoms with E-state index in [-0.39, 0.29) is 11.9 Å². The monoisotopic (exact) mass is 347 g/mol. The Morgan fingerprint density at radius 1 is 1.17 bits per heavy atom. The summed E-state index contributed by atoms with van der Waals surface area (Å²) in [6, 6.07) is 11.0. The van der Waals surface area contributed by atoms with Gasteiger partial charge in [-0.3, -0.25) is 0 Å². The summed E-state index contributed by atoms with van der Waals surface area (Å²) in [7, 11) is -3.29. The lowest BCUT2D eigenvalue weighted by molar-refractivity contribution is 0.129. The number of piperidine rings is 1. The van der Waals surface area contributed by atoms with Gasteiger partial charge in [-0.15, -0.1) is 0 Å². The van der Waals surface area contributed by atoms with E-state index in [0.717, 1.165) is 5.56 Å². The summed E-state index contributed by atoms with van der Waals surface area (Å²) in [6.45, 7) is 2.76. The lowest BCUT2D eigenvalue weighted by Crippen LogP contribution is -2.42. The quantitative estimate of drug-likeness (QED) is 0.829. The van der Waals surface area contributed by atoms with Crippen molar-refractivity contribution in [2.75, 3.05) is 13.1 Å². The molecule has 1 fully saturated rings. The molecule has 0 aliphatic carbocycles. The number of aryl methyl sites for hydroxylation is 1. The average molecular weight is 347 g/mol. The lowest BCUT2D eigenvalue weighted by atomic mass is 10.1. The fraction of sp³-hybridized carbons (Fsp3) is 0.412. The molecule has 128 valence electrons. The summed E-state index contributed by atoms with van der Waals surface area (Å²) in [4.78, 5) is 8.26. The fourth-order valence-electron chi connectivity index (χ4n) is 2.78. The maximum absolute atomic E-state index is 12.5. The smallest absolute Gasteiger partial charge is 0.218 e. The van der Waals surface area contributed by atoms with Crippen molar-refractivity contribution < 1.29 is 13.2 Å². The number of benzene rings is 1. The number of nitrogens with zero attached hydrogens (tertiary/aromatic N) is 3. The van der Waals surface area contributed by atoms with Crippen LogP contribution in [0.15, 0.2) is 42.6 Å². The third-order valence-electron chi connectivity index (χ3n) is 4.02.